The van der Waals surface area contributed by atoms with Gasteiger partial charge in [-0.25, -0.2) is 0 Å². The molecule has 0 radical (unpaired) electrons. The summed E-state index contributed by atoms with van der Waals surface area (Å²) in [6.45, 7) is 4.25. The summed E-state index contributed by atoms with van der Waals surface area (Å²) in [7, 11) is 3.94. The predicted octanol–water partition coefficient (Wildman–Crippen LogP) is 3.75. The van der Waals surface area contributed by atoms with Crippen LogP contribution in [0.1, 0.15) is 20.3 Å². The predicted molar refractivity (Wildman–Crippen MR) is 89.5 cm³/mol. The lowest BCUT2D eigenvalue weighted by atomic mass is 10.3. The molecule has 0 aromatic heterocycles. The largest absolute Gasteiger partial charge is 0.496 e. The third kappa shape index (κ3) is 4.86. The molecule has 2 rings (SSSR count). The first-order valence-electron chi connectivity index (χ1n) is 6.79. The molecule has 2 nitrogen and oxygen atoms in total. The van der Waals surface area contributed by atoms with Gasteiger partial charge in [0.25, 0.3) is 0 Å². The van der Waals surface area contributed by atoms with Gasteiger partial charge in [-0.3, -0.25) is 0 Å². The van der Waals surface area contributed by atoms with Gasteiger partial charge in [0, 0.05) is 10.6 Å². The molecular weight excluding hydrogens is 267 g/mol. The van der Waals surface area contributed by atoms with Crippen LogP contribution in [0.15, 0.2) is 48.5 Å². The van der Waals surface area contributed by atoms with Crippen LogP contribution in [0.2, 0.25) is 0 Å². The normalized spacial score (nSPS) is 9.40. The minimum absolute atomic E-state index is 0.538. The lowest BCUT2D eigenvalue weighted by molar-refractivity contribution is 0.417. The molecule has 2 aromatic rings. The fourth-order valence-corrected chi connectivity index (χ4v) is 2.91. The van der Waals surface area contributed by atoms with Crippen LogP contribution in [-0.2, 0) is 0 Å². The van der Waals surface area contributed by atoms with Crippen molar-refractivity contribution in [1.29, 1.82) is 0 Å². The Balaban J connectivity index is 0.000000612. The van der Waals surface area contributed by atoms with Crippen molar-refractivity contribution in [2.75, 3.05) is 14.2 Å². The summed E-state index contributed by atoms with van der Waals surface area (Å²) in [5, 5.41) is 2.39. The van der Waals surface area contributed by atoms with E-state index in [-0.39, 0.29) is 0 Å². The quantitative estimate of drug-likeness (QED) is 0.798. The van der Waals surface area contributed by atoms with Crippen LogP contribution in [0.4, 0.5) is 0 Å². The molecule has 0 spiro atoms. The first kappa shape index (κ1) is 16.5. The van der Waals surface area contributed by atoms with Gasteiger partial charge in [-0.2, -0.15) is 0 Å². The summed E-state index contributed by atoms with van der Waals surface area (Å²) >= 11 is 0. The second-order valence-corrected chi connectivity index (χ2v) is 5.56. The molecule has 0 heterocycles. The van der Waals surface area contributed by atoms with Gasteiger partial charge < -0.3 is 9.47 Å². The number of hydrogen-bond acceptors (Lipinski definition) is 2. The Hall–Kier alpha value is -1.53. The smallest absolute Gasteiger partial charge is 0.126 e. The highest BCUT2D eigenvalue weighted by Gasteiger charge is 2.06. The minimum Gasteiger partial charge on any atom is -0.496 e. The van der Waals surface area contributed by atoms with Crippen molar-refractivity contribution in [3.05, 3.63) is 48.5 Å². The Morgan fingerprint density at radius 3 is 1.45 bits per heavy atom. The second-order valence-electron chi connectivity index (χ2n) is 4.23. The van der Waals surface area contributed by atoms with E-state index in [0.717, 1.165) is 11.5 Å². The molecule has 0 saturated carbocycles. The fraction of sp³-hybridized carbons (Fsp3) is 0.294. The van der Waals surface area contributed by atoms with Crippen molar-refractivity contribution < 1.29 is 9.47 Å². The maximum Gasteiger partial charge on any atom is 0.126 e. The standard InChI is InChI=1S/C14H15O2P.C3H8/c1-15-11-7-3-5-9-13(11)17-14-10-6-4-8-12(14)16-2;1-3-2/h3-10,17H,1-2H3;3H2,1-2H3. The first-order valence-corrected chi connectivity index (χ1v) is 7.79. The van der Waals surface area contributed by atoms with Crippen LogP contribution in [-0.4, -0.2) is 14.2 Å². The Bertz CT molecular complexity index is 466. The summed E-state index contributed by atoms with van der Waals surface area (Å²) < 4.78 is 10.7. The summed E-state index contributed by atoms with van der Waals surface area (Å²) in [5.41, 5.74) is 0. The van der Waals surface area contributed by atoms with Crippen LogP contribution >= 0.6 is 8.58 Å². The van der Waals surface area contributed by atoms with Crippen molar-refractivity contribution in [2.24, 2.45) is 0 Å². The van der Waals surface area contributed by atoms with E-state index < -0.39 is 0 Å². The number of ether oxygens (including phenoxy) is 2. The van der Waals surface area contributed by atoms with Crippen molar-refractivity contribution in [1.82, 2.24) is 0 Å². The van der Waals surface area contributed by atoms with Gasteiger partial charge in [0.05, 0.1) is 14.2 Å². The van der Waals surface area contributed by atoms with Crippen LogP contribution in [0.3, 0.4) is 0 Å². The Kier molecular flexibility index (Phi) is 7.75. The van der Waals surface area contributed by atoms with E-state index in [2.05, 4.69) is 26.0 Å². The summed E-state index contributed by atoms with van der Waals surface area (Å²) in [5.74, 6) is 1.86. The van der Waals surface area contributed by atoms with E-state index in [1.807, 2.05) is 36.4 Å². The van der Waals surface area contributed by atoms with Gasteiger partial charge >= 0.3 is 0 Å². The maximum absolute atomic E-state index is 5.36. The molecule has 0 aliphatic carbocycles. The van der Waals surface area contributed by atoms with E-state index in [9.17, 15) is 0 Å². The molecule has 0 unspecified atom stereocenters. The van der Waals surface area contributed by atoms with Gasteiger partial charge in [-0.15, -0.1) is 0 Å². The number of para-hydroxylation sites is 2. The molecule has 0 aliphatic rings. The zero-order chi connectivity index (χ0) is 14.8. The number of hydrogen-bond donors (Lipinski definition) is 0. The highest BCUT2D eigenvalue weighted by atomic mass is 31.1. The van der Waals surface area contributed by atoms with Crippen LogP contribution in [0.25, 0.3) is 0 Å². The highest BCUT2D eigenvalue weighted by Crippen LogP contribution is 2.23. The van der Waals surface area contributed by atoms with Crippen LogP contribution in [0.5, 0.6) is 11.5 Å². The molecule has 0 bridgehead atoms. The fourth-order valence-electron chi connectivity index (χ4n) is 1.64. The monoisotopic (exact) mass is 290 g/mol. The Labute approximate surface area is 123 Å². The molecule has 20 heavy (non-hydrogen) atoms. The third-order valence-electron chi connectivity index (χ3n) is 2.48. The van der Waals surface area contributed by atoms with Gasteiger partial charge in [-0.1, -0.05) is 65.2 Å². The van der Waals surface area contributed by atoms with Gasteiger partial charge in [0.15, 0.2) is 0 Å². The van der Waals surface area contributed by atoms with E-state index in [1.54, 1.807) is 14.2 Å². The minimum atomic E-state index is 0.538. The van der Waals surface area contributed by atoms with E-state index in [4.69, 9.17) is 9.47 Å². The number of benzene rings is 2. The van der Waals surface area contributed by atoms with Crippen LogP contribution in [0, 0.1) is 0 Å². The van der Waals surface area contributed by atoms with Crippen molar-refractivity contribution in [3.63, 3.8) is 0 Å². The zero-order valence-corrected chi connectivity index (χ0v) is 13.6. The maximum atomic E-state index is 5.36. The number of rotatable bonds is 4. The van der Waals surface area contributed by atoms with E-state index in [1.165, 1.54) is 17.0 Å². The molecule has 0 atom stereocenters. The van der Waals surface area contributed by atoms with Gasteiger partial charge in [0.1, 0.15) is 11.5 Å². The van der Waals surface area contributed by atoms with E-state index >= 15 is 0 Å². The zero-order valence-electron chi connectivity index (χ0n) is 12.6. The molecule has 0 fully saturated rings. The summed E-state index contributed by atoms with van der Waals surface area (Å²) in [6, 6.07) is 16.2. The molecule has 0 aliphatic heterocycles. The molecule has 108 valence electrons. The first-order chi connectivity index (χ1) is 9.76. The SMILES string of the molecule is CCC.COc1ccccc1Pc1ccccc1OC. The van der Waals surface area contributed by atoms with Crippen molar-refractivity contribution in [3.8, 4) is 11.5 Å². The van der Waals surface area contributed by atoms with Gasteiger partial charge in [0.2, 0.25) is 0 Å². The topological polar surface area (TPSA) is 18.5 Å². The second kappa shape index (κ2) is 9.39. The molecule has 3 heteroatoms. The molecule has 0 amide bonds. The lowest BCUT2D eigenvalue weighted by Crippen LogP contribution is -2.08. The average molecular weight is 290 g/mol. The molecule has 0 saturated heterocycles. The molecule has 0 N–H and O–H groups in total. The molecular formula is C17H23O2P. The molecule has 2 aromatic carbocycles. The lowest BCUT2D eigenvalue weighted by Gasteiger charge is -2.11. The number of methoxy groups -OCH3 is 2. The highest BCUT2D eigenvalue weighted by molar-refractivity contribution is 7.56. The third-order valence-corrected chi connectivity index (χ3v) is 3.85. The van der Waals surface area contributed by atoms with E-state index in [0.29, 0.717) is 8.58 Å². The van der Waals surface area contributed by atoms with Gasteiger partial charge in [-0.05, 0) is 12.1 Å². The van der Waals surface area contributed by atoms with Crippen molar-refractivity contribution in [2.45, 2.75) is 20.3 Å². The summed E-state index contributed by atoms with van der Waals surface area (Å²) in [4.78, 5) is 0. The average Bonchev–Trinajstić information content (AvgIpc) is 2.49. The Morgan fingerprint density at radius 2 is 1.10 bits per heavy atom. The van der Waals surface area contributed by atoms with Crippen molar-refractivity contribution >= 4 is 19.2 Å². The summed E-state index contributed by atoms with van der Waals surface area (Å²) in [6.07, 6.45) is 1.25. The Morgan fingerprint density at radius 1 is 0.750 bits per heavy atom. The van der Waals surface area contributed by atoms with Crippen LogP contribution < -0.4 is 20.1 Å².